The van der Waals surface area contributed by atoms with Crippen LogP contribution in [0.1, 0.15) is 26.3 Å². The fourth-order valence-electron chi connectivity index (χ4n) is 1.65. The van der Waals surface area contributed by atoms with Gasteiger partial charge >= 0.3 is 0 Å². The molecule has 1 aromatic carbocycles. The second-order valence-corrected chi connectivity index (χ2v) is 5.64. The van der Waals surface area contributed by atoms with Gasteiger partial charge in [0.25, 0.3) is 0 Å². The van der Waals surface area contributed by atoms with Gasteiger partial charge in [0.2, 0.25) is 0 Å². The molecule has 0 bridgehead atoms. The number of aliphatic hydroxyl groups excluding tert-OH is 1. The molecule has 0 fully saturated rings. The lowest BCUT2D eigenvalue weighted by Crippen LogP contribution is -2.49. The van der Waals surface area contributed by atoms with Crippen molar-refractivity contribution >= 4 is 0 Å². The van der Waals surface area contributed by atoms with Gasteiger partial charge in [0.1, 0.15) is 17.7 Å². The van der Waals surface area contributed by atoms with Crippen LogP contribution >= 0.6 is 0 Å². The topological polar surface area (TPSA) is 55.5 Å². The number of hydrogen-bond acceptors (Lipinski definition) is 3. The van der Waals surface area contributed by atoms with Gasteiger partial charge in [-0.25, -0.2) is 4.39 Å². The zero-order valence-corrected chi connectivity index (χ0v) is 11.4. The molecule has 0 spiro atoms. The van der Waals surface area contributed by atoms with Crippen molar-refractivity contribution in [3.8, 4) is 5.75 Å². The van der Waals surface area contributed by atoms with Crippen LogP contribution in [0.3, 0.4) is 0 Å². The molecule has 2 unspecified atom stereocenters. The van der Waals surface area contributed by atoms with E-state index in [0.29, 0.717) is 5.75 Å². The van der Waals surface area contributed by atoms with E-state index >= 15 is 0 Å². The quantitative estimate of drug-likeness (QED) is 0.867. The lowest BCUT2D eigenvalue weighted by atomic mass is 9.84. The fourth-order valence-corrected chi connectivity index (χ4v) is 1.65. The summed E-state index contributed by atoms with van der Waals surface area (Å²) in [5.74, 6) is 0.0605. The number of rotatable bonds is 4. The van der Waals surface area contributed by atoms with E-state index in [1.54, 1.807) is 6.07 Å². The van der Waals surface area contributed by atoms with E-state index in [-0.39, 0.29) is 23.9 Å². The minimum atomic E-state index is -0.550. The summed E-state index contributed by atoms with van der Waals surface area (Å²) in [6.45, 7) is 7.55. The maximum atomic E-state index is 13.2. The minimum absolute atomic E-state index is 0.200. The Morgan fingerprint density at radius 2 is 2.00 bits per heavy atom. The minimum Gasteiger partial charge on any atom is -0.486 e. The number of nitrogens with two attached hydrogens (primary N) is 1. The zero-order chi connectivity index (χ0) is 13.9. The average molecular weight is 255 g/mol. The van der Waals surface area contributed by atoms with Gasteiger partial charge in [0.15, 0.2) is 0 Å². The standard InChI is InChI=1S/C14H22FNO2/c1-9-5-6-10(15)7-11(9)18-12(8-17)13(16)14(2,3)4/h5-7,12-13,17H,8,16H2,1-4H3. The predicted molar refractivity (Wildman–Crippen MR) is 70.1 cm³/mol. The van der Waals surface area contributed by atoms with Crippen LogP contribution < -0.4 is 10.5 Å². The number of aryl methyl sites for hydroxylation is 1. The van der Waals surface area contributed by atoms with E-state index in [9.17, 15) is 9.50 Å². The molecule has 4 heteroatoms. The molecule has 0 aliphatic rings. The van der Waals surface area contributed by atoms with Gasteiger partial charge in [-0.3, -0.25) is 0 Å². The van der Waals surface area contributed by atoms with Crippen LogP contribution in [0.4, 0.5) is 4.39 Å². The van der Waals surface area contributed by atoms with Crippen LogP contribution in [0.2, 0.25) is 0 Å². The smallest absolute Gasteiger partial charge is 0.137 e. The molecule has 0 saturated heterocycles. The molecule has 2 atom stereocenters. The Labute approximate surface area is 108 Å². The molecular weight excluding hydrogens is 233 g/mol. The summed E-state index contributed by atoms with van der Waals surface area (Å²) >= 11 is 0. The molecule has 3 N–H and O–H groups in total. The van der Waals surface area contributed by atoms with Gasteiger partial charge in [-0.2, -0.15) is 0 Å². The zero-order valence-electron chi connectivity index (χ0n) is 11.4. The van der Waals surface area contributed by atoms with E-state index in [0.717, 1.165) is 5.56 Å². The van der Waals surface area contributed by atoms with Crippen LogP contribution in [0.25, 0.3) is 0 Å². The van der Waals surface area contributed by atoms with Crippen molar-refractivity contribution in [3.63, 3.8) is 0 Å². The monoisotopic (exact) mass is 255 g/mol. The van der Waals surface area contributed by atoms with Gasteiger partial charge < -0.3 is 15.6 Å². The molecule has 0 aliphatic heterocycles. The Bertz CT molecular complexity index is 401. The van der Waals surface area contributed by atoms with Gasteiger partial charge in [-0.1, -0.05) is 26.8 Å². The maximum Gasteiger partial charge on any atom is 0.137 e. The number of ether oxygens (including phenoxy) is 1. The van der Waals surface area contributed by atoms with Crippen LogP contribution in [0.5, 0.6) is 5.75 Å². The molecule has 1 rings (SSSR count). The largest absolute Gasteiger partial charge is 0.486 e. The molecule has 0 aliphatic carbocycles. The summed E-state index contributed by atoms with van der Waals surface area (Å²) in [4.78, 5) is 0. The molecule has 18 heavy (non-hydrogen) atoms. The summed E-state index contributed by atoms with van der Waals surface area (Å²) < 4.78 is 18.8. The summed E-state index contributed by atoms with van der Waals surface area (Å²) in [5, 5.41) is 9.38. The Hall–Kier alpha value is -1.13. The SMILES string of the molecule is Cc1ccc(F)cc1OC(CO)C(N)C(C)(C)C. The van der Waals surface area contributed by atoms with Crippen molar-refractivity contribution in [2.45, 2.75) is 39.8 Å². The number of halogens is 1. The number of benzene rings is 1. The van der Waals surface area contributed by atoms with Gasteiger partial charge in [-0.15, -0.1) is 0 Å². The summed E-state index contributed by atoms with van der Waals surface area (Å²) in [5.41, 5.74) is 6.68. The van der Waals surface area contributed by atoms with Crippen molar-refractivity contribution in [1.29, 1.82) is 0 Å². The van der Waals surface area contributed by atoms with Crippen LogP contribution in [-0.4, -0.2) is 23.9 Å². The number of aliphatic hydroxyl groups is 1. The summed E-state index contributed by atoms with van der Waals surface area (Å²) in [7, 11) is 0. The normalized spacial score (nSPS) is 15.3. The first kappa shape index (κ1) is 14.9. The Kier molecular flexibility index (Phi) is 4.71. The first-order valence-electron chi connectivity index (χ1n) is 6.05. The second-order valence-electron chi connectivity index (χ2n) is 5.64. The first-order valence-corrected chi connectivity index (χ1v) is 6.05. The molecule has 0 radical (unpaired) electrons. The predicted octanol–water partition coefficient (Wildman–Crippen LogP) is 2.25. The summed E-state index contributed by atoms with van der Waals surface area (Å²) in [6.07, 6.45) is -0.550. The van der Waals surface area contributed by atoms with Crippen LogP contribution in [0, 0.1) is 18.2 Å². The van der Waals surface area contributed by atoms with Crippen molar-refractivity contribution < 1.29 is 14.2 Å². The molecule has 0 saturated carbocycles. The molecule has 0 aromatic heterocycles. The molecular formula is C14H22FNO2. The van der Waals surface area contributed by atoms with Gasteiger partial charge in [-0.05, 0) is 24.0 Å². The second kappa shape index (κ2) is 5.67. The van der Waals surface area contributed by atoms with E-state index in [4.69, 9.17) is 10.5 Å². The highest BCUT2D eigenvalue weighted by atomic mass is 19.1. The van der Waals surface area contributed by atoms with Crippen LogP contribution in [-0.2, 0) is 0 Å². The number of hydrogen-bond donors (Lipinski definition) is 2. The lowest BCUT2D eigenvalue weighted by Gasteiger charge is -2.33. The van der Waals surface area contributed by atoms with Gasteiger partial charge in [0, 0.05) is 12.1 Å². The molecule has 0 amide bonds. The lowest BCUT2D eigenvalue weighted by molar-refractivity contribution is 0.0585. The van der Waals surface area contributed by atoms with Crippen molar-refractivity contribution in [1.82, 2.24) is 0 Å². The molecule has 3 nitrogen and oxygen atoms in total. The third kappa shape index (κ3) is 3.68. The Morgan fingerprint density at radius 3 is 2.50 bits per heavy atom. The molecule has 0 heterocycles. The van der Waals surface area contributed by atoms with Crippen molar-refractivity contribution in [3.05, 3.63) is 29.6 Å². The van der Waals surface area contributed by atoms with E-state index < -0.39 is 6.10 Å². The van der Waals surface area contributed by atoms with E-state index in [2.05, 4.69) is 0 Å². The highest BCUT2D eigenvalue weighted by Crippen LogP contribution is 2.25. The molecule has 102 valence electrons. The maximum absolute atomic E-state index is 13.2. The average Bonchev–Trinajstić information content (AvgIpc) is 2.28. The van der Waals surface area contributed by atoms with Crippen LogP contribution in [0.15, 0.2) is 18.2 Å². The third-order valence-corrected chi connectivity index (χ3v) is 3.01. The third-order valence-electron chi connectivity index (χ3n) is 3.01. The fraction of sp³-hybridized carbons (Fsp3) is 0.571. The van der Waals surface area contributed by atoms with E-state index in [1.807, 2.05) is 27.7 Å². The summed E-state index contributed by atoms with van der Waals surface area (Å²) in [6, 6.07) is 3.99. The Balaban J connectivity index is 2.89. The van der Waals surface area contributed by atoms with Crippen molar-refractivity contribution in [2.75, 3.05) is 6.61 Å². The first-order chi connectivity index (χ1) is 8.25. The molecule has 1 aromatic rings. The van der Waals surface area contributed by atoms with Gasteiger partial charge in [0.05, 0.1) is 6.61 Å². The van der Waals surface area contributed by atoms with Crippen molar-refractivity contribution in [2.24, 2.45) is 11.1 Å². The van der Waals surface area contributed by atoms with E-state index in [1.165, 1.54) is 12.1 Å². The Morgan fingerprint density at radius 1 is 1.39 bits per heavy atom. The highest BCUT2D eigenvalue weighted by molar-refractivity contribution is 5.33. The highest BCUT2D eigenvalue weighted by Gasteiger charge is 2.30.